The average Bonchev–Trinajstić information content (AvgIpc) is 3.20. The van der Waals surface area contributed by atoms with Gasteiger partial charge in [-0.2, -0.15) is 0 Å². The van der Waals surface area contributed by atoms with Crippen LogP contribution in [0.5, 0.6) is 0 Å². The summed E-state index contributed by atoms with van der Waals surface area (Å²) in [6.45, 7) is 3.56. The quantitative estimate of drug-likeness (QED) is 0.0239. The van der Waals surface area contributed by atoms with E-state index >= 15 is 0 Å². The molecule has 0 aliphatic carbocycles. The van der Waals surface area contributed by atoms with Crippen molar-refractivity contribution < 1.29 is 37.9 Å². The summed E-state index contributed by atoms with van der Waals surface area (Å²) >= 11 is 0. The van der Waals surface area contributed by atoms with Crippen molar-refractivity contribution in [2.24, 2.45) is 0 Å². The SMILES string of the molecule is CCCCCCCC/C=C\CCCCCCCC(=O)NCCOP(=O)(O)OCC(O)COC(=O)CCCCCCCCCCCCC/C=C/CCCCCCCC. The molecule has 3 N–H and O–H groups in total. The molecule has 0 rings (SSSR count). The molecule has 0 fully saturated rings. The smallest absolute Gasteiger partial charge is 0.463 e. The minimum absolute atomic E-state index is 0.0792. The Morgan fingerprint density at radius 1 is 0.526 bits per heavy atom. The van der Waals surface area contributed by atoms with Gasteiger partial charge in [0.1, 0.15) is 12.7 Å². The molecule has 0 heterocycles. The zero-order valence-corrected chi connectivity index (χ0v) is 37.9. The first-order valence-electron chi connectivity index (χ1n) is 23.8. The van der Waals surface area contributed by atoms with Crippen molar-refractivity contribution in [2.45, 2.75) is 238 Å². The summed E-state index contributed by atoms with van der Waals surface area (Å²) in [6, 6.07) is 0. The van der Waals surface area contributed by atoms with Crippen LogP contribution in [0.25, 0.3) is 0 Å². The maximum absolute atomic E-state index is 12.1. The van der Waals surface area contributed by atoms with Crippen LogP contribution in [0, 0.1) is 0 Å². The number of rotatable bonds is 45. The van der Waals surface area contributed by atoms with Crippen LogP contribution in [-0.2, 0) is 27.9 Å². The van der Waals surface area contributed by atoms with Crippen molar-refractivity contribution in [1.82, 2.24) is 5.32 Å². The van der Waals surface area contributed by atoms with Gasteiger partial charge >= 0.3 is 13.8 Å². The van der Waals surface area contributed by atoms with Gasteiger partial charge in [-0.1, -0.05) is 179 Å². The summed E-state index contributed by atoms with van der Waals surface area (Å²) < 4.78 is 26.9. The second-order valence-electron chi connectivity index (χ2n) is 16.1. The summed E-state index contributed by atoms with van der Waals surface area (Å²) in [5.41, 5.74) is 0. The fraction of sp³-hybridized carbons (Fsp3) is 0.872. The molecule has 57 heavy (non-hydrogen) atoms. The molecule has 0 aromatic rings. The number of phosphoric ester groups is 1. The fourth-order valence-corrected chi connectivity index (χ4v) is 7.48. The molecule has 1 amide bonds. The highest BCUT2D eigenvalue weighted by atomic mass is 31.2. The zero-order valence-electron chi connectivity index (χ0n) is 37.0. The van der Waals surface area contributed by atoms with Crippen LogP contribution in [0.15, 0.2) is 24.3 Å². The first-order chi connectivity index (χ1) is 27.8. The first kappa shape index (κ1) is 55.5. The van der Waals surface area contributed by atoms with E-state index in [9.17, 15) is 24.2 Å². The Bertz CT molecular complexity index is 990. The summed E-state index contributed by atoms with van der Waals surface area (Å²) in [5.74, 6) is -0.519. The summed E-state index contributed by atoms with van der Waals surface area (Å²) in [5, 5.41) is 12.7. The maximum atomic E-state index is 12.1. The van der Waals surface area contributed by atoms with Crippen LogP contribution in [0.4, 0.5) is 0 Å². The molecule has 10 heteroatoms. The number of phosphoric acid groups is 1. The number of unbranched alkanes of at least 4 members (excludes halogenated alkanes) is 28. The molecule has 0 saturated carbocycles. The fourth-order valence-electron chi connectivity index (χ4n) is 6.72. The van der Waals surface area contributed by atoms with Crippen LogP contribution in [-0.4, -0.2) is 54.3 Å². The maximum Gasteiger partial charge on any atom is 0.472 e. The van der Waals surface area contributed by atoms with Crippen LogP contribution in [0.3, 0.4) is 0 Å². The van der Waals surface area contributed by atoms with Crippen LogP contribution in [0.1, 0.15) is 232 Å². The normalized spacial score (nSPS) is 13.4. The monoisotopic (exact) mass is 828 g/mol. The van der Waals surface area contributed by atoms with Crippen LogP contribution >= 0.6 is 7.82 Å². The Hall–Kier alpha value is -1.51. The number of hydrogen-bond donors (Lipinski definition) is 3. The number of carbonyl (C=O) groups is 2. The third-order valence-electron chi connectivity index (χ3n) is 10.4. The second kappa shape index (κ2) is 44.1. The third kappa shape index (κ3) is 45.4. The molecule has 336 valence electrons. The summed E-state index contributed by atoms with van der Waals surface area (Å²) in [7, 11) is -4.42. The van der Waals surface area contributed by atoms with Crippen molar-refractivity contribution >= 4 is 19.7 Å². The van der Waals surface area contributed by atoms with E-state index in [1.807, 2.05) is 0 Å². The average molecular weight is 828 g/mol. The van der Waals surface area contributed by atoms with Gasteiger partial charge in [0.05, 0.1) is 13.2 Å². The van der Waals surface area contributed by atoms with Crippen molar-refractivity contribution in [1.29, 1.82) is 0 Å². The Kier molecular flexibility index (Phi) is 42.9. The molecular formula is C47H90NO8P. The molecule has 0 radical (unpaired) electrons. The van der Waals surface area contributed by atoms with Gasteiger partial charge in [0, 0.05) is 19.4 Å². The number of esters is 1. The number of hydrogen-bond acceptors (Lipinski definition) is 7. The van der Waals surface area contributed by atoms with E-state index in [1.54, 1.807) is 0 Å². The number of ether oxygens (including phenoxy) is 1. The second-order valence-corrected chi connectivity index (χ2v) is 17.5. The lowest BCUT2D eigenvalue weighted by atomic mass is 10.0. The highest BCUT2D eigenvalue weighted by Crippen LogP contribution is 2.42. The molecule has 2 unspecified atom stereocenters. The molecule has 0 aliphatic heterocycles. The lowest BCUT2D eigenvalue weighted by Crippen LogP contribution is -2.27. The Morgan fingerprint density at radius 3 is 1.32 bits per heavy atom. The van der Waals surface area contributed by atoms with Gasteiger partial charge in [-0.3, -0.25) is 18.6 Å². The number of aliphatic hydroxyl groups is 1. The van der Waals surface area contributed by atoms with E-state index in [0.717, 1.165) is 44.9 Å². The minimum atomic E-state index is -4.42. The first-order valence-corrected chi connectivity index (χ1v) is 25.3. The van der Waals surface area contributed by atoms with E-state index in [-0.39, 0.29) is 32.1 Å². The van der Waals surface area contributed by atoms with Crippen molar-refractivity contribution in [2.75, 3.05) is 26.4 Å². The van der Waals surface area contributed by atoms with Gasteiger partial charge in [-0.05, 0) is 64.2 Å². The third-order valence-corrected chi connectivity index (χ3v) is 11.3. The van der Waals surface area contributed by atoms with Crippen molar-refractivity contribution in [3.05, 3.63) is 24.3 Å². The highest BCUT2D eigenvalue weighted by molar-refractivity contribution is 7.47. The molecule has 0 saturated heterocycles. The minimum Gasteiger partial charge on any atom is -0.463 e. The van der Waals surface area contributed by atoms with E-state index in [1.165, 1.54) is 161 Å². The Balaban J connectivity index is 3.56. The molecule has 0 bridgehead atoms. The molecule has 2 atom stereocenters. The topological polar surface area (TPSA) is 131 Å². The van der Waals surface area contributed by atoms with Gasteiger partial charge in [-0.15, -0.1) is 0 Å². The van der Waals surface area contributed by atoms with E-state index in [0.29, 0.717) is 6.42 Å². The molecule has 0 aliphatic rings. The molecular weight excluding hydrogens is 737 g/mol. The predicted molar refractivity (Wildman–Crippen MR) is 238 cm³/mol. The Morgan fingerprint density at radius 2 is 0.895 bits per heavy atom. The summed E-state index contributed by atoms with van der Waals surface area (Å²) in [6.07, 6.45) is 48.2. The summed E-state index contributed by atoms with van der Waals surface area (Å²) in [4.78, 5) is 34.0. The van der Waals surface area contributed by atoms with E-state index in [4.69, 9.17) is 13.8 Å². The number of allylic oxidation sites excluding steroid dienone is 4. The van der Waals surface area contributed by atoms with Crippen LogP contribution in [0.2, 0.25) is 0 Å². The molecule has 0 aromatic heterocycles. The number of nitrogens with one attached hydrogen (secondary N) is 1. The van der Waals surface area contributed by atoms with E-state index < -0.39 is 26.5 Å². The van der Waals surface area contributed by atoms with E-state index in [2.05, 4.69) is 43.5 Å². The lowest BCUT2D eigenvalue weighted by Gasteiger charge is -2.15. The standard InChI is InChI=1S/C47H90NO8P/c1-3-5-7-9-11-13-15-17-19-20-21-22-23-24-26-28-30-32-34-36-38-40-47(51)54-43-45(49)44-56-57(52,53)55-42-41-48-46(50)39-37-35-33-31-29-27-25-18-16-14-12-10-8-6-4-2/h17-19,25,45,49H,3-16,20-24,26-44H2,1-2H3,(H,48,50)(H,52,53)/b19-17+,25-18-. The predicted octanol–water partition coefficient (Wildman–Crippen LogP) is 13.6. The number of carbonyl (C=O) groups excluding carboxylic acids is 2. The molecule has 9 nitrogen and oxygen atoms in total. The van der Waals surface area contributed by atoms with Crippen molar-refractivity contribution in [3.8, 4) is 0 Å². The van der Waals surface area contributed by atoms with Gasteiger partial charge < -0.3 is 20.1 Å². The van der Waals surface area contributed by atoms with Gasteiger partial charge in [0.2, 0.25) is 5.91 Å². The Labute approximate surface area is 350 Å². The molecule has 0 spiro atoms. The number of amides is 1. The van der Waals surface area contributed by atoms with Crippen molar-refractivity contribution in [3.63, 3.8) is 0 Å². The zero-order chi connectivity index (χ0) is 41.8. The molecule has 0 aromatic carbocycles. The largest absolute Gasteiger partial charge is 0.472 e. The lowest BCUT2D eigenvalue weighted by molar-refractivity contribution is -0.147. The van der Waals surface area contributed by atoms with Crippen LogP contribution < -0.4 is 5.32 Å². The number of aliphatic hydroxyl groups excluding tert-OH is 1. The van der Waals surface area contributed by atoms with Gasteiger partial charge in [0.25, 0.3) is 0 Å². The van der Waals surface area contributed by atoms with Gasteiger partial charge in [-0.25, -0.2) is 4.57 Å². The highest BCUT2D eigenvalue weighted by Gasteiger charge is 2.23. The van der Waals surface area contributed by atoms with Gasteiger partial charge in [0.15, 0.2) is 0 Å².